The fourth-order valence-corrected chi connectivity index (χ4v) is 3.40. The number of aryl methyl sites for hydroxylation is 1. The molecule has 0 spiro atoms. The number of phenols is 1. The van der Waals surface area contributed by atoms with E-state index >= 15 is 0 Å². The molecule has 0 bridgehead atoms. The summed E-state index contributed by atoms with van der Waals surface area (Å²) in [4.78, 5) is 16.4. The van der Waals surface area contributed by atoms with E-state index in [0.29, 0.717) is 12.1 Å². The molecule has 2 aromatic carbocycles. The smallest absolute Gasteiger partial charge is 0.336 e. The van der Waals surface area contributed by atoms with Crippen molar-refractivity contribution < 1.29 is 9.52 Å². The molecule has 0 aliphatic rings. The summed E-state index contributed by atoms with van der Waals surface area (Å²) in [7, 11) is 4.06. The summed E-state index contributed by atoms with van der Waals surface area (Å²) in [6, 6.07) is 13.6. The van der Waals surface area contributed by atoms with E-state index < -0.39 is 5.63 Å². The number of anilines is 1. The molecule has 0 aliphatic heterocycles. The van der Waals surface area contributed by atoms with Crippen LogP contribution in [0.25, 0.3) is 11.0 Å². The number of fused-ring (bicyclic) bond motifs is 1. The predicted octanol–water partition coefficient (Wildman–Crippen LogP) is 4.15. The van der Waals surface area contributed by atoms with Crippen molar-refractivity contribution in [2.24, 2.45) is 0 Å². The Morgan fingerprint density at radius 3 is 2.29 bits per heavy atom. The molecular weight excluding hydrogens is 352 g/mol. The van der Waals surface area contributed by atoms with E-state index in [0.717, 1.165) is 36.0 Å². The van der Waals surface area contributed by atoms with Crippen LogP contribution in [-0.4, -0.2) is 30.6 Å². The molecular formula is C23H28N2O3. The van der Waals surface area contributed by atoms with Crippen LogP contribution in [0.5, 0.6) is 5.75 Å². The van der Waals surface area contributed by atoms with Gasteiger partial charge in [0.2, 0.25) is 0 Å². The first-order valence-electron chi connectivity index (χ1n) is 9.68. The molecule has 0 saturated heterocycles. The molecule has 0 fully saturated rings. The van der Waals surface area contributed by atoms with E-state index in [1.807, 2.05) is 27.1 Å². The minimum atomic E-state index is -0.391. The summed E-state index contributed by atoms with van der Waals surface area (Å²) < 4.78 is 5.31. The second-order valence-electron chi connectivity index (χ2n) is 7.29. The Labute approximate surface area is 165 Å². The lowest BCUT2D eigenvalue weighted by molar-refractivity contribution is 0.272. The lowest BCUT2D eigenvalue weighted by Gasteiger charge is -2.22. The van der Waals surface area contributed by atoms with E-state index in [-0.39, 0.29) is 5.75 Å². The van der Waals surface area contributed by atoms with Crippen molar-refractivity contribution in [2.75, 3.05) is 25.5 Å². The van der Waals surface area contributed by atoms with Crippen LogP contribution in [0.1, 0.15) is 30.5 Å². The summed E-state index contributed by atoms with van der Waals surface area (Å²) in [5, 5.41) is 11.0. The van der Waals surface area contributed by atoms with Gasteiger partial charge in [0.05, 0.1) is 0 Å². The Kier molecular flexibility index (Phi) is 6.05. The van der Waals surface area contributed by atoms with Gasteiger partial charge in [0.15, 0.2) is 0 Å². The second kappa shape index (κ2) is 8.48. The topological polar surface area (TPSA) is 56.9 Å². The Bertz CT molecular complexity index is 1010. The Balaban J connectivity index is 1.89. The lowest BCUT2D eigenvalue weighted by Crippen LogP contribution is -2.23. The average molecular weight is 380 g/mol. The van der Waals surface area contributed by atoms with Gasteiger partial charge in [-0.3, -0.25) is 4.90 Å². The second-order valence-corrected chi connectivity index (χ2v) is 7.29. The zero-order valence-corrected chi connectivity index (χ0v) is 17.0. The summed E-state index contributed by atoms with van der Waals surface area (Å²) in [6.07, 6.45) is 0.718. The van der Waals surface area contributed by atoms with Gasteiger partial charge in [0.1, 0.15) is 11.3 Å². The molecule has 1 heterocycles. The molecule has 5 heteroatoms. The van der Waals surface area contributed by atoms with Gasteiger partial charge in [-0.15, -0.1) is 0 Å². The highest BCUT2D eigenvalue weighted by molar-refractivity contribution is 5.82. The first kappa shape index (κ1) is 20.0. The maximum atomic E-state index is 12.0. The van der Waals surface area contributed by atoms with E-state index in [4.69, 9.17) is 4.42 Å². The highest BCUT2D eigenvalue weighted by Crippen LogP contribution is 2.27. The van der Waals surface area contributed by atoms with Gasteiger partial charge < -0.3 is 14.4 Å². The van der Waals surface area contributed by atoms with Crippen LogP contribution in [0.15, 0.2) is 51.7 Å². The molecule has 148 valence electrons. The summed E-state index contributed by atoms with van der Waals surface area (Å²) in [5.41, 5.74) is 4.22. The third-order valence-corrected chi connectivity index (χ3v) is 5.11. The van der Waals surface area contributed by atoms with Gasteiger partial charge in [0.25, 0.3) is 0 Å². The number of hydrogen-bond acceptors (Lipinski definition) is 5. The van der Waals surface area contributed by atoms with Gasteiger partial charge in [-0.1, -0.05) is 26.0 Å². The van der Waals surface area contributed by atoms with E-state index in [1.54, 1.807) is 12.1 Å². The molecule has 3 aromatic rings. The third kappa shape index (κ3) is 4.37. The molecule has 1 aromatic heterocycles. The first-order chi connectivity index (χ1) is 13.4. The van der Waals surface area contributed by atoms with Crippen molar-refractivity contribution in [1.82, 2.24) is 4.90 Å². The quantitative estimate of drug-likeness (QED) is 0.624. The standard InChI is InChI=1S/C23H28N2O3/c1-5-17-11-20-18(12-23(27)28-22(20)13-21(17)26)15-25(6-2)14-16-7-9-19(10-8-16)24(3)4/h7-13,26H,5-6,14-15H2,1-4H3. The van der Waals surface area contributed by atoms with Gasteiger partial charge >= 0.3 is 5.63 Å². The molecule has 0 atom stereocenters. The SMILES string of the molecule is CCc1cc2c(CN(CC)Cc3ccc(N(C)C)cc3)cc(=O)oc2cc1O. The molecule has 1 N–H and O–H groups in total. The predicted molar refractivity (Wildman–Crippen MR) is 114 cm³/mol. The van der Waals surface area contributed by atoms with Crippen molar-refractivity contribution in [3.63, 3.8) is 0 Å². The van der Waals surface area contributed by atoms with E-state index in [1.165, 1.54) is 11.3 Å². The Morgan fingerprint density at radius 2 is 1.68 bits per heavy atom. The molecule has 0 aliphatic carbocycles. The van der Waals surface area contributed by atoms with Crippen LogP contribution in [0.3, 0.4) is 0 Å². The fourth-order valence-electron chi connectivity index (χ4n) is 3.40. The minimum Gasteiger partial charge on any atom is -0.508 e. The molecule has 28 heavy (non-hydrogen) atoms. The highest BCUT2D eigenvalue weighted by Gasteiger charge is 2.13. The Morgan fingerprint density at radius 1 is 0.964 bits per heavy atom. The van der Waals surface area contributed by atoms with Crippen LogP contribution >= 0.6 is 0 Å². The normalized spacial score (nSPS) is 11.3. The monoisotopic (exact) mass is 380 g/mol. The van der Waals surface area contributed by atoms with Gasteiger partial charge in [0, 0.05) is 50.4 Å². The summed E-state index contributed by atoms with van der Waals surface area (Å²) in [6.45, 7) is 6.41. The van der Waals surface area contributed by atoms with Gasteiger partial charge in [-0.05, 0) is 47.9 Å². The van der Waals surface area contributed by atoms with Crippen LogP contribution in [0.2, 0.25) is 0 Å². The number of phenolic OH excluding ortho intramolecular Hbond substituents is 1. The highest BCUT2D eigenvalue weighted by atomic mass is 16.4. The molecule has 0 saturated carbocycles. The number of hydrogen-bond donors (Lipinski definition) is 1. The maximum Gasteiger partial charge on any atom is 0.336 e. The average Bonchev–Trinajstić information content (AvgIpc) is 2.67. The van der Waals surface area contributed by atoms with Crippen LogP contribution in [0, 0.1) is 0 Å². The van der Waals surface area contributed by atoms with E-state index in [2.05, 4.69) is 41.0 Å². The Hall–Kier alpha value is -2.79. The summed E-state index contributed by atoms with van der Waals surface area (Å²) in [5.74, 6) is 0.170. The molecule has 5 nitrogen and oxygen atoms in total. The first-order valence-corrected chi connectivity index (χ1v) is 9.68. The number of benzene rings is 2. The van der Waals surface area contributed by atoms with Crippen LogP contribution in [-0.2, 0) is 19.5 Å². The number of rotatable bonds is 7. The zero-order valence-electron chi connectivity index (χ0n) is 17.0. The minimum absolute atomic E-state index is 0.170. The molecule has 0 radical (unpaired) electrons. The lowest BCUT2D eigenvalue weighted by atomic mass is 10.0. The van der Waals surface area contributed by atoms with Crippen LogP contribution in [0.4, 0.5) is 5.69 Å². The maximum absolute atomic E-state index is 12.0. The third-order valence-electron chi connectivity index (χ3n) is 5.11. The van der Waals surface area contributed by atoms with Gasteiger partial charge in [-0.25, -0.2) is 4.79 Å². The van der Waals surface area contributed by atoms with Crippen LogP contribution < -0.4 is 10.5 Å². The zero-order chi connectivity index (χ0) is 20.3. The van der Waals surface area contributed by atoms with Crippen molar-refractivity contribution in [1.29, 1.82) is 0 Å². The van der Waals surface area contributed by atoms with Crippen molar-refractivity contribution >= 4 is 16.7 Å². The van der Waals surface area contributed by atoms with E-state index in [9.17, 15) is 9.90 Å². The molecule has 0 unspecified atom stereocenters. The van der Waals surface area contributed by atoms with Gasteiger partial charge in [-0.2, -0.15) is 0 Å². The largest absolute Gasteiger partial charge is 0.508 e. The summed E-state index contributed by atoms with van der Waals surface area (Å²) >= 11 is 0. The molecule has 3 rings (SSSR count). The van der Waals surface area contributed by atoms with Crippen molar-refractivity contribution in [3.05, 3.63) is 69.6 Å². The van der Waals surface area contributed by atoms with Crippen molar-refractivity contribution in [2.45, 2.75) is 33.4 Å². The number of aromatic hydroxyl groups is 1. The molecule has 0 amide bonds. The van der Waals surface area contributed by atoms with Crippen molar-refractivity contribution in [3.8, 4) is 5.75 Å². The fraction of sp³-hybridized carbons (Fsp3) is 0.348. The number of nitrogens with zero attached hydrogens (tertiary/aromatic N) is 2.